The van der Waals surface area contributed by atoms with Crippen LogP contribution in [0.15, 0.2) is 105 Å². The van der Waals surface area contributed by atoms with Crippen molar-refractivity contribution in [2.24, 2.45) is 0 Å². The number of hydrogen-bond acceptors (Lipinski definition) is 12. The van der Waals surface area contributed by atoms with Crippen molar-refractivity contribution in [3.63, 3.8) is 0 Å². The van der Waals surface area contributed by atoms with Gasteiger partial charge in [-0.15, -0.1) is 113 Å². The van der Waals surface area contributed by atoms with Crippen LogP contribution in [0.2, 0.25) is 14.8 Å². The molecule has 0 unspecified atom stereocenters. The molecular weight excluding hydrogens is 1430 g/mol. The molecule has 0 aromatic carbocycles. The standard InChI is InChI=1S/C30H24S6.C18H12Br2S4.C11H9S2.2CH4.3CH3.Sn/c1-15-11-17(3)31-27(15)23-9-7-21(33-23)22-8-10-24(34-22)28-16(2)12-25(35-28)26-14-20-6-5-19-13-18(4)32-29(19)30(20)36-26;1-9-7-15(19)23-17(9)13-5-3-11(21-13)12-4-6-14(22-12)18-10(2)8-16(20)24-18;1-7-6-9-3-2-8-4-5-12-10(8)11(9)13-7;;;;;;/h7-14H,5-6H2,1-4H3;3-8H,1-2H3;4,6H,2-3H2,1H3;2*1H4;3*1H3;. The SMILES string of the molecule is C.C.Cc1cc(Br)sc1-c1ccc(-c2ccc(-c3sc(Br)cc3C)s2)s1.Cc1cc(C)c(-c2ccc(-c3ccc(-c4sc(-c5cc6c(s5)-c5sc(C)cc5CC6)cc4C)s3)s2)s1.Cc1cc2c(s1)-c1s[c]([Sn]([CH3])([CH3])[CH3])cc1CC2. The molecule has 0 saturated carbocycles. The van der Waals surface area contributed by atoms with Gasteiger partial charge >= 0.3 is 116 Å². The normalized spacial score (nSPS) is 12.4. The third-order valence-corrected chi connectivity index (χ3v) is 39.6. The molecule has 0 aliphatic heterocycles. The number of thiophene rings is 12. The first-order valence-electron chi connectivity index (χ1n) is 25.5. The van der Waals surface area contributed by atoms with Crippen LogP contribution in [0.5, 0.6) is 0 Å². The van der Waals surface area contributed by atoms with Crippen molar-refractivity contribution in [1.29, 1.82) is 0 Å². The van der Waals surface area contributed by atoms with Crippen LogP contribution in [0.4, 0.5) is 0 Å². The number of fused-ring (bicyclic) bond motifs is 6. The molecule has 2 aliphatic carbocycles. The average Bonchev–Trinajstić information content (AvgIpc) is 4.42. The summed E-state index contributed by atoms with van der Waals surface area (Å²) < 4.78 is 4.13. The van der Waals surface area contributed by atoms with E-state index in [-0.39, 0.29) is 14.9 Å². The first kappa shape index (κ1) is 60.3. The van der Waals surface area contributed by atoms with Gasteiger partial charge in [-0.1, -0.05) is 14.9 Å². The van der Waals surface area contributed by atoms with Gasteiger partial charge in [0.2, 0.25) is 0 Å². The molecule has 0 amide bonds. The fraction of sp³-hybridized carbons (Fsp3) is 0.250. The van der Waals surface area contributed by atoms with Gasteiger partial charge in [-0.3, -0.25) is 0 Å². The van der Waals surface area contributed by atoms with E-state index in [0.717, 1.165) is 0 Å². The molecule has 0 saturated heterocycles. The predicted octanol–water partition coefficient (Wildman–Crippen LogP) is 26.5. The van der Waals surface area contributed by atoms with Crippen LogP contribution in [0, 0.1) is 48.5 Å². The summed E-state index contributed by atoms with van der Waals surface area (Å²) in [6, 6.07) is 37.1. The van der Waals surface area contributed by atoms with E-state index in [9.17, 15) is 0 Å². The number of rotatable bonds is 8. The Bertz CT molecular complexity index is 4030. The van der Waals surface area contributed by atoms with Gasteiger partial charge in [0.1, 0.15) is 0 Å². The van der Waals surface area contributed by atoms with Crippen molar-refractivity contribution in [2.45, 2.75) is 104 Å². The summed E-state index contributed by atoms with van der Waals surface area (Å²) in [6.07, 6.45) is 4.87. The molecule has 0 atom stereocenters. The molecule has 79 heavy (non-hydrogen) atoms. The fourth-order valence-electron chi connectivity index (χ4n) is 10.0. The quantitative estimate of drug-likeness (QED) is 0.133. The second-order valence-electron chi connectivity index (χ2n) is 20.9. The van der Waals surface area contributed by atoms with E-state index in [1.165, 1.54) is 148 Å². The average molecular weight is 1490 g/mol. The molecular formula is C64H62Br2S12Sn. The van der Waals surface area contributed by atoms with Crippen molar-refractivity contribution >= 4 is 189 Å². The van der Waals surface area contributed by atoms with Crippen molar-refractivity contribution in [1.82, 2.24) is 0 Å². The molecule has 15 heteroatoms. The topological polar surface area (TPSA) is 0 Å². The second-order valence-corrected chi connectivity index (χ2v) is 52.4. The monoisotopic (exact) mass is 1490 g/mol. The Balaban J connectivity index is 0.000000142. The van der Waals surface area contributed by atoms with E-state index in [0.29, 0.717) is 0 Å². The van der Waals surface area contributed by atoms with Gasteiger partial charge in [0.15, 0.2) is 0 Å². The van der Waals surface area contributed by atoms with E-state index in [4.69, 9.17) is 0 Å². The first-order valence-corrected chi connectivity index (χ1v) is 46.8. The van der Waals surface area contributed by atoms with E-state index >= 15 is 0 Å². The van der Waals surface area contributed by atoms with Crippen molar-refractivity contribution < 1.29 is 0 Å². The van der Waals surface area contributed by atoms with Gasteiger partial charge in [0.05, 0.1) is 7.57 Å². The zero-order valence-corrected chi connectivity index (χ0v) is 60.0. The van der Waals surface area contributed by atoms with Crippen LogP contribution in [-0.4, -0.2) is 18.4 Å². The number of halogens is 2. The molecule has 12 heterocycles. The molecule has 0 N–H and O–H groups in total. The van der Waals surface area contributed by atoms with Crippen LogP contribution < -0.4 is 2.89 Å². The minimum absolute atomic E-state index is 0. The minimum atomic E-state index is -1.87. The molecule has 14 rings (SSSR count). The molecule has 0 bridgehead atoms. The summed E-state index contributed by atoms with van der Waals surface area (Å²) in [7, 11) is 0. The number of aryl methyl sites for hydroxylation is 11. The summed E-state index contributed by atoms with van der Waals surface area (Å²) in [5.74, 6) is 0. The van der Waals surface area contributed by atoms with E-state index in [1.807, 2.05) is 125 Å². The summed E-state index contributed by atoms with van der Waals surface area (Å²) in [5.41, 5.74) is 11.8. The Morgan fingerprint density at radius 3 is 1.00 bits per heavy atom. The van der Waals surface area contributed by atoms with Gasteiger partial charge in [-0.2, -0.15) is 0 Å². The van der Waals surface area contributed by atoms with E-state index in [2.05, 4.69) is 204 Å². The maximum absolute atomic E-state index is 3.59. The van der Waals surface area contributed by atoms with Gasteiger partial charge in [-0.25, -0.2) is 0 Å². The van der Waals surface area contributed by atoms with Gasteiger partial charge in [0, 0.05) is 87.8 Å². The molecule has 0 spiro atoms. The molecule has 12 aromatic heterocycles. The Kier molecular flexibility index (Phi) is 18.8. The Hall–Kier alpha value is -1.84. The molecule has 0 nitrogen and oxygen atoms in total. The van der Waals surface area contributed by atoms with Gasteiger partial charge in [-0.05, 0) is 205 Å². The van der Waals surface area contributed by atoms with Crippen molar-refractivity contribution in [3.8, 4) is 87.8 Å². The zero-order valence-electron chi connectivity index (χ0n) is 44.2. The molecule has 12 aromatic rings. The van der Waals surface area contributed by atoms with Crippen molar-refractivity contribution in [2.75, 3.05) is 0 Å². The molecule has 0 radical (unpaired) electrons. The fourth-order valence-corrected chi connectivity index (χ4v) is 30.9. The summed E-state index contributed by atoms with van der Waals surface area (Å²) >= 11 is 28.5. The third-order valence-electron chi connectivity index (χ3n) is 13.7. The first-order chi connectivity index (χ1) is 36.9. The molecule has 408 valence electrons. The van der Waals surface area contributed by atoms with Crippen LogP contribution in [-0.2, 0) is 25.7 Å². The van der Waals surface area contributed by atoms with Crippen LogP contribution in [0.25, 0.3) is 87.8 Å². The summed E-state index contributed by atoms with van der Waals surface area (Å²) in [5, 5.41) is 0. The van der Waals surface area contributed by atoms with E-state index in [1.54, 1.807) is 34.9 Å². The van der Waals surface area contributed by atoms with Crippen LogP contribution >= 0.6 is 168 Å². The van der Waals surface area contributed by atoms with Gasteiger partial charge in [0.25, 0.3) is 0 Å². The molecule has 0 fully saturated rings. The third kappa shape index (κ3) is 12.6. The Morgan fingerprint density at radius 2 is 0.595 bits per heavy atom. The summed E-state index contributed by atoms with van der Waals surface area (Å²) in [4.78, 5) is 37.4. The van der Waals surface area contributed by atoms with Crippen molar-refractivity contribution in [3.05, 3.63) is 164 Å². The van der Waals surface area contributed by atoms with Crippen LogP contribution in [0.3, 0.4) is 0 Å². The van der Waals surface area contributed by atoms with Gasteiger partial charge < -0.3 is 0 Å². The second kappa shape index (κ2) is 24.6. The zero-order chi connectivity index (χ0) is 53.6. The van der Waals surface area contributed by atoms with E-state index < -0.39 is 18.4 Å². The Morgan fingerprint density at radius 1 is 0.291 bits per heavy atom. The number of hydrogen-bond donors (Lipinski definition) is 0. The molecule has 2 aliphatic rings. The maximum atomic E-state index is 3.59. The Labute approximate surface area is 537 Å². The van der Waals surface area contributed by atoms with Crippen LogP contribution in [0.1, 0.15) is 74.0 Å². The predicted molar refractivity (Wildman–Crippen MR) is 383 cm³/mol. The summed E-state index contributed by atoms with van der Waals surface area (Å²) in [6.45, 7) is 15.5.